The lowest BCUT2D eigenvalue weighted by atomic mass is 9.92. The Morgan fingerprint density at radius 2 is 2.04 bits per heavy atom. The zero-order valence-corrected chi connectivity index (χ0v) is 16.5. The molecule has 2 aliphatic heterocycles. The Kier molecular flexibility index (Phi) is 5.33. The first-order valence-corrected chi connectivity index (χ1v) is 10.1. The summed E-state index contributed by atoms with van der Waals surface area (Å²) in [6, 6.07) is 8.43. The normalized spacial score (nSPS) is 21.2. The fraction of sp³-hybridized carbons (Fsp3) is 0.455. The number of carbonyl (C=O) groups excluding carboxylic acids is 1. The van der Waals surface area contributed by atoms with Crippen LogP contribution in [-0.4, -0.2) is 55.1 Å². The number of hydrogen-bond acceptors (Lipinski definition) is 5. The van der Waals surface area contributed by atoms with Gasteiger partial charge in [-0.05, 0) is 75.1 Å². The van der Waals surface area contributed by atoms with Crippen LogP contribution in [0.2, 0.25) is 0 Å². The van der Waals surface area contributed by atoms with Crippen molar-refractivity contribution in [3.8, 4) is 0 Å². The minimum atomic E-state index is -0.199. The van der Waals surface area contributed by atoms with Crippen LogP contribution in [0.4, 0.5) is 11.5 Å². The van der Waals surface area contributed by atoms with Crippen LogP contribution in [0, 0.1) is 0 Å². The number of nitrogens with zero attached hydrogens (tertiary/aromatic N) is 3. The third-order valence-electron chi connectivity index (χ3n) is 5.94. The number of fused-ring (bicyclic) bond motifs is 1. The van der Waals surface area contributed by atoms with Crippen LogP contribution in [0.25, 0.3) is 10.8 Å². The molecular formula is C22H29N5O. The Balaban J connectivity index is 1.75. The van der Waals surface area contributed by atoms with Crippen LogP contribution < -0.4 is 16.0 Å². The highest BCUT2D eigenvalue weighted by atomic mass is 16.1. The average Bonchev–Trinajstić information content (AvgIpc) is 3.13. The molecule has 1 aromatic carbocycles. The molecule has 2 fully saturated rings. The van der Waals surface area contributed by atoms with Gasteiger partial charge in [0.2, 0.25) is 5.91 Å². The lowest BCUT2D eigenvalue weighted by Crippen LogP contribution is -2.30. The SMILES string of the molecule is C=CC(=O)Nc1ccc2c(N3CCC(N)C3)nc(C3CCN(C)CC3)cc2c1. The van der Waals surface area contributed by atoms with Crippen LogP contribution in [0.3, 0.4) is 0 Å². The Morgan fingerprint density at radius 1 is 1.25 bits per heavy atom. The van der Waals surface area contributed by atoms with E-state index in [1.807, 2.05) is 12.1 Å². The molecule has 1 unspecified atom stereocenters. The number of anilines is 2. The molecule has 148 valence electrons. The zero-order valence-electron chi connectivity index (χ0n) is 16.5. The Bertz CT molecular complexity index is 888. The molecule has 6 heteroatoms. The molecule has 0 spiro atoms. The van der Waals surface area contributed by atoms with Gasteiger partial charge in [0.15, 0.2) is 0 Å². The maximum absolute atomic E-state index is 11.7. The monoisotopic (exact) mass is 379 g/mol. The number of rotatable bonds is 4. The van der Waals surface area contributed by atoms with Crippen LogP contribution >= 0.6 is 0 Å². The summed E-state index contributed by atoms with van der Waals surface area (Å²) in [5.74, 6) is 1.30. The number of nitrogens with two attached hydrogens (primary N) is 1. The van der Waals surface area contributed by atoms with Gasteiger partial charge < -0.3 is 20.9 Å². The maximum atomic E-state index is 11.7. The topological polar surface area (TPSA) is 74.5 Å². The molecule has 1 amide bonds. The van der Waals surface area contributed by atoms with E-state index in [1.54, 1.807) is 0 Å². The fourth-order valence-electron chi connectivity index (χ4n) is 4.27. The van der Waals surface area contributed by atoms with Crippen molar-refractivity contribution in [1.82, 2.24) is 9.88 Å². The zero-order chi connectivity index (χ0) is 19.7. The molecule has 2 aromatic rings. The van der Waals surface area contributed by atoms with Crippen LogP contribution in [0.1, 0.15) is 30.9 Å². The summed E-state index contributed by atoms with van der Waals surface area (Å²) in [7, 11) is 2.18. The summed E-state index contributed by atoms with van der Waals surface area (Å²) in [6.45, 7) is 7.51. The number of aromatic nitrogens is 1. The fourth-order valence-corrected chi connectivity index (χ4v) is 4.27. The first-order chi connectivity index (χ1) is 13.5. The van der Waals surface area contributed by atoms with E-state index in [0.717, 1.165) is 73.4 Å². The van der Waals surface area contributed by atoms with Crippen LogP contribution in [-0.2, 0) is 4.79 Å². The van der Waals surface area contributed by atoms with Crippen molar-refractivity contribution in [1.29, 1.82) is 0 Å². The van der Waals surface area contributed by atoms with Crippen molar-refractivity contribution in [2.45, 2.75) is 31.2 Å². The Hall–Kier alpha value is -2.44. The van der Waals surface area contributed by atoms with Crippen LogP contribution in [0.5, 0.6) is 0 Å². The molecule has 0 radical (unpaired) electrons. The second kappa shape index (κ2) is 7.89. The van der Waals surface area contributed by atoms with Gasteiger partial charge in [-0.1, -0.05) is 6.58 Å². The number of amides is 1. The number of likely N-dealkylation sites (tertiary alicyclic amines) is 1. The lowest BCUT2D eigenvalue weighted by Gasteiger charge is -2.30. The van der Waals surface area contributed by atoms with Crippen LogP contribution in [0.15, 0.2) is 36.9 Å². The first-order valence-electron chi connectivity index (χ1n) is 10.1. The maximum Gasteiger partial charge on any atom is 0.247 e. The van der Waals surface area contributed by atoms with E-state index in [0.29, 0.717) is 5.92 Å². The predicted molar refractivity (Wildman–Crippen MR) is 115 cm³/mol. The number of nitrogens with one attached hydrogen (secondary N) is 1. The third-order valence-corrected chi connectivity index (χ3v) is 5.94. The Morgan fingerprint density at radius 3 is 2.71 bits per heavy atom. The lowest BCUT2D eigenvalue weighted by molar-refractivity contribution is -0.111. The number of piperidine rings is 1. The minimum Gasteiger partial charge on any atom is -0.354 e. The van der Waals surface area contributed by atoms with E-state index in [9.17, 15) is 4.79 Å². The van der Waals surface area contributed by atoms with E-state index in [1.165, 1.54) is 6.08 Å². The number of pyridine rings is 1. The van der Waals surface area contributed by atoms with Crippen molar-refractivity contribution in [3.05, 3.63) is 42.6 Å². The minimum absolute atomic E-state index is 0.199. The molecule has 3 N–H and O–H groups in total. The van der Waals surface area contributed by atoms with Gasteiger partial charge in [0.05, 0.1) is 0 Å². The van der Waals surface area contributed by atoms with E-state index in [4.69, 9.17) is 10.7 Å². The largest absolute Gasteiger partial charge is 0.354 e. The summed E-state index contributed by atoms with van der Waals surface area (Å²) in [5, 5.41) is 5.09. The second-order valence-electron chi connectivity index (χ2n) is 8.07. The molecule has 6 nitrogen and oxygen atoms in total. The van der Waals surface area contributed by atoms with Gasteiger partial charge in [0, 0.05) is 41.8 Å². The summed E-state index contributed by atoms with van der Waals surface area (Å²) in [5.41, 5.74) is 8.10. The molecule has 0 aliphatic carbocycles. The molecule has 0 saturated carbocycles. The quantitative estimate of drug-likeness (QED) is 0.799. The van der Waals surface area contributed by atoms with Crippen molar-refractivity contribution in [2.75, 3.05) is 43.4 Å². The summed E-state index contributed by atoms with van der Waals surface area (Å²) in [6.07, 6.45) is 4.54. The van der Waals surface area contributed by atoms with Crippen molar-refractivity contribution >= 4 is 28.2 Å². The molecule has 2 saturated heterocycles. The average molecular weight is 380 g/mol. The molecule has 28 heavy (non-hydrogen) atoms. The summed E-state index contributed by atoms with van der Waals surface area (Å²) >= 11 is 0. The number of benzene rings is 1. The predicted octanol–water partition coefficient (Wildman–Crippen LogP) is 2.71. The highest BCUT2D eigenvalue weighted by molar-refractivity contribution is 6.01. The highest BCUT2D eigenvalue weighted by Gasteiger charge is 2.25. The van der Waals surface area contributed by atoms with E-state index < -0.39 is 0 Å². The van der Waals surface area contributed by atoms with E-state index in [2.05, 4.69) is 40.9 Å². The van der Waals surface area contributed by atoms with Crippen molar-refractivity contribution in [2.24, 2.45) is 5.73 Å². The summed E-state index contributed by atoms with van der Waals surface area (Å²) < 4.78 is 0. The first kappa shape index (κ1) is 18.9. The molecule has 2 aliphatic rings. The van der Waals surface area contributed by atoms with E-state index >= 15 is 0 Å². The van der Waals surface area contributed by atoms with Gasteiger partial charge >= 0.3 is 0 Å². The molecule has 1 aromatic heterocycles. The molecule has 1 atom stereocenters. The van der Waals surface area contributed by atoms with Crippen molar-refractivity contribution in [3.63, 3.8) is 0 Å². The number of hydrogen-bond donors (Lipinski definition) is 2. The molecule has 3 heterocycles. The molecule has 0 bridgehead atoms. The number of carbonyl (C=O) groups is 1. The van der Waals surface area contributed by atoms with Gasteiger partial charge in [0.1, 0.15) is 5.82 Å². The molecular weight excluding hydrogens is 350 g/mol. The van der Waals surface area contributed by atoms with Gasteiger partial charge in [0.25, 0.3) is 0 Å². The Labute approximate surface area is 166 Å². The second-order valence-corrected chi connectivity index (χ2v) is 8.07. The van der Waals surface area contributed by atoms with Crippen molar-refractivity contribution < 1.29 is 4.79 Å². The van der Waals surface area contributed by atoms with E-state index in [-0.39, 0.29) is 11.9 Å². The summed E-state index contributed by atoms with van der Waals surface area (Å²) in [4.78, 5) is 21.5. The highest BCUT2D eigenvalue weighted by Crippen LogP contribution is 2.35. The van der Waals surface area contributed by atoms with Gasteiger partial charge in [-0.25, -0.2) is 4.98 Å². The third kappa shape index (κ3) is 3.88. The smallest absolute Gasteiger partial charge is 0.247 e. The molecule has 4 rings (SSSR count). The van der Waals surface area contributed by atoms with Gasteiger partial charge in [-0.2, -0.15) is 0 Å². The standard InChI is InChI=1S/C22H29N5O/c1-3-21(28)24-18-4-5-19-16(12-18)13-20(15-6-9-26(2)10-7-15)25-22(19)27-11-8-17(23)14-27/h3-5,12-13,15,17H,1,6-11,14,23H2,2H3,(H,24,28). The van der Waals surface area contributed by atoms with Gasteiger partial charge in [-0.3, -0.25) is 4.79 Å². The van der Waals surface area contributed by atoms with Gasteiger partial charge in [-0.15, -0.1) is 0 Å².